The number of ether oxygens (including phenoxy) is 1. The average Bonchev–Trinajstić information content (AvgIpc) is 3.22. The first kappa shape index (κ1) is 22.8. The number of aryl methyl sites for hydroxylation is 1. The Morgan fingerprint density at radius 2 is 1.85 bits per heavy atom. The number of hydrogen-bond acceptors (Lipinski definition) is 3. The summed E-state index contributed by atoms with van der Waals surface area (Å²) in [6.07, 6.45) is 0.735. The van der Waals surface area contributed by atoms with Crippen LogP contribution in [0.3, 0.4) is 0 Å². The number of nitrogens with one attached hydrogen (secondary N) is 1. The predicted octanol–water partition coefficient (Wildman–Crippen LogP) is 6.83. The van der Waals surface area contributed by atoms with Gasteiger partial charge in [-0.3, -0.25) is 0 Å². The Kier molecular flexibility index (Phi) is 6.02. The van der Waals surface area contributed by atoms with Gasteiger partial charge >= 0.3 is 12.2 Å². The van der Waals surface area contributed by atoms with Gasteiger partial charge in [0.05, 0.1) is 18.7 Å². The molecule has 3 aromatic rings. The van der Waals surface area contributed by atoms with Gasteiger partial charge in [-0.25, -0.2) is 4.79 Å². The van der Waals surface area contributed by atoms with Crippen LogP contribution in [0.25, 0.3) is 0 Å². The molecule has 0 saturated carbocycles. The number of amides is 2. The van der Waals surface area contributed by atoms with E-state index in [2.05, 4.69) is 5.32 Å². The van der Waals surface area contributed by atoms with Crippen molar-refractivity contribution in [1.82, 2.24) is 4.90 Å². The highest BCUT2D eigenvalue weighted by molar-refractivity contribution is 7.12. The Balaban J connectivity index is 1.54. The minimum absolute atomic E-state index is 0.120. The number of carbonyl (C=O) groups is 1. The minimum atomic E-state index is -4.48. The second-order valence-corrected chi connectivity index (χ2v) is 9.79. The number of alkyl halides is 3. The monoisotopic (exact) mass is 486 g/mol. The number of methoxy groups -OCH3 is 1. The van der Waals surface area contributed by atoms with Crippen molar-refractivity contribution < 1.29 is 22.7 Å². The Hall–Kier alpha value is -3.00. The lowest BCUT2D eigenvalue weighted by Crippen LogP contribution is -2.42. The summed E-state index contributed by atoms with van der Waals surface area (Å²) in [4.78, 5) is 17.7. The van der Waals surface area contributed by atoms with Gasteiger partial charge in [-0.2, -0.15) is 13.2 Å². The van der Waals surface area contributed by atoms with Crippen molar-refractivity contribution in [3.63, 3.8) is 0 Å². The summed E-state index contributed by atoms with van der Waals surface area (Å²) in [5.74, 6) is 0.684. The molecule has 178 valence electrons. The number of anilines is 1. The van der Waals surface area contributed by atoms with E-state index in [4.69, 9.17) is 4.74 Å². The summed E-state index contributed by atoms with van der Waals surface area (Å²) in [6, 6.07) is 11.6. The standard InChI is InChI=1S/C26H25F3N2O2S/c1-33-21-11-4-2-10-20(21)23-24-19(18-9-3-5-12-22(18)34-24)13-14-31(23)25(32)30-17-8-6-7-16(15-17)26(27,28)29/h2,4,6-8,10-11,15,23H,3,5,9,12-14H2,1H3,(H,30,32). The maximum absolute atomic E-state index is 13.5. The van der Waals surface area contributed by atoms with Crippen molar-refractivity contribution in [3.05, 3.63) is 80.5 Å². The van der Waals surface area contributed by atoms with Crippen LogP contribution in [-0.4, -0.2) is 24.6 Å². The number of thiophene rings is 1. The van der Waals surface area contributed by atoms with Crippen LogP contribution in [0.1, 0.15) is 50.9 Å². The molecule has 2 heterocycles. The van der Waals surface area contributed by atoms with Gasteiger partial charge in [0, 0.05) is 27.5 Å². The maximum atomic E-state index is 13.5. The van der Waals surface area contributed by atoms with Gasteiger partial charge in [0.15, 0.2) is 0 Å². The molecule has 8 heteroatoms. The average molecular weight is 487 g/mol. The molecule has 34 heavy (non-hydrogen) atoms. The lowest BCUT2D eigenvalue weighted by Gasteiger charge is -2.37. The van der Waals surface area contributed by atoms with Crippen LogP contribution in [0.2, 0.25) is 0 Å². The topological polar surface area (TPSA) is 41.6 Å². The summed E-state index contributed by atoms with van der Waals surface area (Å²) in [7, 11) is 1.61. The number of urea groups is 1. The van der Waals surface area contributed by atoms with E-state index in [1.54, 1.807) is 23.3 Å². The molecule has 1 aliphatic heterocycles. The third-order valence-electron chi connectivity index (χ3n) is 6.61. The highest BCUT2D eigenvalue weighted by atomic mass is 32.1. The summed E-state index contributed by atoms with van der Waals surface area (Å²) in [6.45, 7) is 0.476. The third-order valence-corrected chi connectivity index (χ3v) is 8.00. The molecule has 1 aliphatic carbocycles. The maximum Gasteiger partial charge on any atom is 0.416 e. The molecular weight excluding hydrogens is 461 g/mol. The van der Waals surface area contributed by atoms with Gasteiger partial charge in [-0.1, -0.05) is 24.3 Å². The molecule has 0 radical (unpaired) electrons. The molecule has 0 fully saturated rings. The zero-order chi connectivity index (χ0) is 23.9. The SMILES string of the molecule is COc1ccccc1C1c2sc3c(c2CCN1C(=O)Nc1cccc(C(F)(F)F)c1)CCCC3. The van der Waals surface area contributed by atoms with E-state index in [9.17, 15) is 18.0 Å². The largest absolute Gasteiger partial charge is 0.496 e. The smallest absolute Gasteiger partial charge is 0.416 e. The first-order valence-corrected chi connectivity index (χ1v) is 12.2. The summed E-state index contributed by atoms with van der Waals surface area (Å²) in [5.41, 5.74) is 2.97. The summed E-state index contributed by atoms with van der Waals surface area (Å²) in [5, 5.41) is 2.70. The van der Waals surface area contributed by atoms with Crippen molar-refractivity contribution in [2.75, 3.05) is 19.0 Å². The molecule has 2 aliphatic rings. The highest BCUT2D eigenvalue weighted by Gasteiger charge is 2.38. The zero-order valence-electron chi connectivity index (χ0n) is 18.7. The number of halogens is 3. The highest BCUT2D eigenvalue weighted by Crippen LogP contribution is 2.47. The second kappa shape index (κ2) is 8.98. The first-order chi connectivity index (χ1) is 16.4. The fourth-order valence-electron chi connectivity index (χ4n) is 5.04. The van der Waals surface area contributed by atoms with E-state index in [-0.39, 0.29) is 11.7 Å². The zero-order valence-corrected chi connectivity index (χ0v) is 19.6. The molecule has 1 unspecified atom stereocenters. The fraction of sp³-hybridized carbons (Fsp3) is 0.346. The van der Waals surface area contributed by atoms with Crippen molar-refractivity contribution >= 4 is 23.1 Å². The summed E-state index contributed by atoms with van der Waals surface area (Å²) >= 11 is 1.77. The minimum Gasteiger partial charge on any atom is -0.496 e. The van der Waals surface area contributed by atoms with E-state index < -0.39 is 17.8 Å². The Morgan fingerprint density at radius 3 is 2.65 bits per heavy atom. The van der Waals surface area contributed by atoms with Gasteiger partial charge < -0.3 is 15.0 Å². The van der Waals surface area contributed by atoms with Gasteiger partial charge in [0.1, 0.15) is 5.75 Å². The van der Waals surface area contributed by atoms with Crippen LogP contribution in [0.5, 0.6) is 5.75 Å². The molecule has 1 N–H and O–H groups in total. The van der Waals surface area contributed by atoms with E-state index in [0.717, 1.165) is 41.8 Å². The van der Waals surface area contributed by atoms with Gasteiger partial charge in [-0.15, -0.1) is 11.3 Å². The molecule has 0 saturated heterocycles. The predicted molar refractivity (Wildman–Crippen MR) is 127 cm³/mol. The van der Waals surface area contributed by atoms with Crippen molar-refractivity contribution in [2.45, 2.75) is 44.3 Å². The van der Waals surface area contributed by atoms with Gasteiger partial charge in [0.25, 0.3) is 0 Å². The lowest BCUT2D eigenvalue weighted by molar-refractivity contribution is -0.137. The van der Waals surface area contributed by atoms with Gasteiger partial charge in [-0.05, 0) is 67.5 Å². The van der Waals surface area contributed by atoms with Crippen LogP contribution in [0.15, 0.2) is 48.5 Å². The molecule has 0 spiro atoms. The lowest BCUT2D eigenvalue weighted by atomic mass is 9.88. The van der Waals surface area contributed by atoms with Crippen molar-refractivity contribution in [2.24, 2.45) is 0 Å². The molecule has 4 nitrogen and oxygen atoms in total. The van der Waals surface area contributed by atoms with E-state index in [1.165, 1.54) is 41.0 Å². The summed E-state index contributed by atoms with van der Waals surface area (Å²) < 4.78 is 45.1. The molecule has 1 aromatic heterocycles. The molecule has 1 atom stereocenters. The van der Waals surface area contributed by atoms with Crippen LogP contribution in [-0.2, 0) is 25.4 Å². The Bertz CT molecular complexity index is 1220. The van der Waals surface area contributed by atoms with E-state index in [0.29, 0.717) is 12.3 Å². The Labute approximate surface area is 200 Å². The van der Waals surface area contributed by atoms with Gasteiger partial charge in [0.2, 0.25) is 0 Å². The number of hydrogen-bond donors (Lipinski definition) is 1. The van der Waals surface area contributed by atoms with Crippen LogP contribution in [0, 0.1) is 0 Å². The molecule has 2 aromatic carbocycles. The number of fused-ring (bicyclic) bond motifs is 3. The Morgan fingerprint density at radius 1 is 1.06 bits per heavy atom. The van der Waals surface area contributed by atoms with E-state index >= 15 is 0 Å². The molecular formula is C26H25F3N2O2S. The van der Waals surface area contributed by atoms with Crippen molar-refractivity contribution in [3.8, 4) is 5.75 Å². The normalized spacial score (nSPS) is 17.6. The van der Waals surface area contributed by atoms with Crippen molar-refractivity contribution in [1.29, 1.82) is 0 Å². The van der Waals surface area contributed by atoms with Crippen LogP contribution >= 0.6 is 11.3 Å². The first-order valence-electron chi connectivity index (χ1n) is 11.4. The number of para-hydroxylation sites is 1. The number of benzene rings is 2. The second-order valence-electron chi connectivity index (χ2n) is 8.65. The molecule has 0 bridgehead atoms. The van der Waals surface area contributed by atoms with Crippen LogP contribution < -0.4 is 10.1 Å². The number of carbonyl (C=O) groups excluding carboxylic acids is 1. The number of rotatable bonds is 3. The number of nitrogens with zero attached hydrogens (tertiary/aromatic N) is 1. The van der Waals surface area contributed by atoms with Crippen LogP contribution in [0.4, 0.5) is 23.7 Å². The quantitative estimate of drug-likeness (QED) is 0.441. The molecule has 2 amide bonds. The molecule has 5 rings (SSSR count). The third kappa shape index (κ3) is 4.15. The fourth-order valence-corrected chi connectivity index (χ4v) is 6.61. The van der Waals surface area contributed by atoms with E-state index in [1.807, 2.05) is 24.3 Å².